The number of fused-ring (bicyclic) bond motifs is 1. The second-order valence-corrected chi connectivity index (χ2v) is 4.53. The zero-order valence-electron chi connectivity index (χ0n) is 10.6. The largest absolute Gasteiger partial charge is 0.319 e. The first-order valence-electron chi connectivity index (χ1n) is 6.12. The summed E-state index contributed by atoms with van der Waals surface area (Å²) < 4.78 is 0. The van der Waals surface area contributed by atoms with Crippen molar-refractivity contribution < 1.29 is 0 Å². The van der Waals surface area contributed by atoms with Crippen LogP contribution in [0.1, 0.15) is 22.9 Å². The summed E-state index contributed by atoms with van der Waals surface area (Å²) >= 11 is 0. The molecule has 0 aliphatic rings. The number of benzene rings is 1. The van der Waals surface area contributed by atoms with E-state index in [4.69, 9.17) is 5.73 Å². The van der Waals surface area contributed by atoms with Gasteiger partial charge in [0.1, 0.15) is 6.33 Å². The molecule has 0 spiro atoms. The second kappa shape index (κ2) is 4.74. The number of pyridine rings is 1. The summed E-state index contributed by atoms with van der Waals surface area (Å²) in [6.45, 7) is 2.07. The molecule has 2 heterocycles. The summed E-state index contributed by atoms with van der Waals surface area (Å²) in [5.74, 6) is 0. The van der Waals surface area contributed by atoms with Crippen LogP contribution < -0.4 is 5.73 Å². The van der Waals surface area contributed by atoms with Crippen LogP contribution in [0.25, 0.3) is 10.9 Å². The maximum atomic E-state index is 6.23. The Bertz CT molecular complexity index is 710. The number of para-hydroxylation sites is 1. The van der Waals surface area contributed by atoms with Crippen molar-refractivity contribution in [3.63, 3.8) is 0 Å². The van der Waals surface area contributed by atoms with Gasteiger partial charge in [-0.3, -0.25) is 4.98 Å². The quantitative estimate of drug-likeness (QED) is 0.758. The van der Waals surface area contributed by atoms with Gasteiger partial charge in [-0.1, -0.05) is 18.2 Å². The molecular weight excluding hydrogens is 236 g/mol. The summed E-state index contributed by atoms with van der Waals surface area (Å²) in [6.07, 6.45) is 4.95. The molecule has 0 radical (unpaired) electrons. The molecule has 4 nitrogen and oxygen atoms in total. The first-order valence-corrected chi connectivity index (χ1v) is 6.12. The van der Waals surface area contributed by atoms with Crippen LogP contribution in [0.5, 0.6) is 0 Å². The van der Waals surface area contributed by atoms with Crippen LogP contribution >= 0.6 is 0 Å². The average molecular weight is 250 g/mol. The van der Waals surface area contributed by atoms with Crippen molar-refractivity contribution in [1.82, 2.24) is 15.0 Å². The van der Waals surface area contributed by atoms with Crippen LogP contribution in [0.15, 0.2) is 49.1 Å². The Morgan fingerprint density at radius 2 is 1.84 bits per heavy atom. The molecule has 0 aliphatic carbocycles. The molecule has 0 saturated carbocycles. The van der Waals surface area contributed by atoms with E-state index in [1.54, 1.807) is 12.4 Å². The van der Waals surface area contributed by atoms with Crippen molar-refractivity contribution in [2.75, 3.05) is 0 Å². The fourth-order valence-electron chi connectivity index (χ4n) is 2.18. The summed E-state index contributed by atoms with van der Waals surface area (Å²) in [5.41, 5.74) is 10.1. The smallest absolute Gasteiger partial charge is 0.115 e. The number of aryl methyl sites for hydroxylation is 1. The van der Waals surface area contributed by atoms with E-state index < -0.39 is 0 Å². The van der Waals surface area contributed by atoms with E-state index in [0.29, 0.717) is 0 Å². The van der Waals surface area contributed by atoms with Gasteiger partial charge < -0.3 is 5.73 Å². The lowest BCUT2D eigenvalue weighted by Gasteiger charge is -2.13. The van der Waals surface area contributed by atoms with E-state index in [1.807, 2.05) is 24.3 Å². The molecule has 2 aromatic heterocycles. The number of hydrogen-bond donors (Lipinski definition) is 1. The highest BCUT2D eigenvalue weighted by atomic mass is 14.8. The molecule has 0 saturated heterocycles. The topological polar surface area (TPSA) is 64.7 Å². The van der Waals surface area contributed by atoms with Crippen molar-refractivity contribution in [3.8, 4) is 0 Å². The van der Waals surface area contributed by atoms with Gasteiger partial charge in [-0.25, -0.2) is 9.97 Å². The van der Waals surface area contributed by atoms with E-state index in [2.05, 4.69) is 27.9 Å². The normalized spacial score (nSPS) is 12.5. The van der Waals surface area contributed by atoms with Crippen molar-refractivity contribution in [2.45, 2.75) is 13.0 Å². The highest BCUT2D eigenvalue weighted by Crippen LogP contribution is 2.22. The van der Waals surface area contributed by atoms with E-state index in [-0.39, 0.29) is 6.04 Å². The van der Waals surface area contributed by atoms with E-state index in [0.717, 1.165) is 22.2 Å². The number of nitrogens with two attached hydrogens (primary N) is 1. The van der Waals surface area contributed by atoms with Crippen LogP contribution in [0, 0.1) is 6.92 Å². The highest BCUT2D eigenvalue weighted by molar-refractivity contribution is 5.82. The van der Waals surface area contributed by atoms with Crippen LogP contribution in [0.4, 0.5) is 0 Å². The Hall–Kier alpha value is -2.33. The van der Waals surface area contributed by atoms with E-state index in [1.165, 1.54) is 11.9 Å². The molecule has 3 aromatic rings. The summed E-state index contributed by atoms with van der Waals surface area (Å²) in [6, 6.07) is 9.79. The minimum atomic E-state index is -0.301. The van der Waals surface area contributed by atoms with Crippen LogP contribution in [-0.2, 0) is 0 Å². The van der Waals surface area contributed by atoms with E-state index in [9.17, 15) is 0 Å². The number of hydrogen-bond acceptors (Lipinski definition) is 4. The molecule has 94 valence electrons. The maximum absolute atomic E-state index is 6.23. The van der Waals surface area contributed by atoms with Gasteiger partial charge in [0.15, 0.2) is 0 Å². The average Bonchev–Trinajstić information content (AvgIpc) is 2.47. The predicted octanol–water partition coefficient (Wildman–Crippen LogP) is 2.38. The Kier molecular flexibility index (Phi) is 2.93. The van der Waals surface area contributed by atoms with E-state index >= 15 is 0 Å². The molecule has 0 amide bonds. The molecule has 3 rings (SSSR count). The van der Waals surface area contributed by atoms with Gasteiger partial charge in [0.05, 0.1) is 17.3 Å². The zero-order valence-corrected chi connectivity index (χ0v) is 10.6. The van der Waals surface area contributed by atoms with Gasteiger partial charge >= 0.3 is 0 Å². The van der Waals surface area contributed by atoms with Gasteiger partial charge in [-0.2, -0.15) is 0 Å². The molecule has 19 heavy (non-hydrogen) atoms. The van der Waals surface area contributed by atoms with Crippen molar-refractivity contribution >= 4 is 10.9 Å². The first kappa shape index (κ1) is 11.7. The maximum Gasteiger partial charge on any atom is 0.115 e. The third-order valence-electron chi connectivity index (χ3n) is 3.20. The molecule has 0 bridgehead atoms. The monoisotopic (exact) mass is 250 g/mol. The molecule has 0 aliphatic heterocycles. The summed E-state index contributed by atoms with van der Waals surface area (Å²) in [5, 5.41) is 1.16. The molecule has 0 fully saturated rings. The van der Waals surface area contributed by atoms with Crippen LogP contribution in [0.2, 0.25) is 0 Å². The Morgan fingerprint density at radius 1 is 1.11 bits per heavy atom. The number of aromatic nitrogens is 3. The summed E-state index contributed by atoms with van der Waals surface area (Å²) in [7, 11) is 0. The lowest BCUT2D eigenvalue weighted by molar-refractivity contribution is 0.818. The van der Waals surface area contributed by atoms with Gasteiger partial charge in [0.2, 0.25) is 0 Å². The fourth-order valence-corrected chi connectivity index (χ4v) is 2.18. The fraction of sp³-hybridized carbons (Fsp3) is 0.133. The molecule has 1 atom stereocenters. The van der Waals surface area contributed by atoms with Crippen molar-refractivity contribution in [2.24, 2.45) is 5.73 Å². The zero-order chi connectivity index (χ0) is 13.2. The first-order chi connectivity index (χ1) is 9.25. The third kappa shape index (κ3) is 2.18. The van der Waals surface area contributed by atoms with Crippen LogP contribution in [0.3, 0.4) is 0 Å². The Labute approximate surface area is 111 Å². The van der Waals surface area contributed by atoms with Crippen LogP contribution in [-0.4, -0.2) is 15.0 Å². The third-order valence-corrected chi connectivity index (χ3v) is 3.20. The standard InChI is InChI=1S/C15H14N4/c1-10-6-14(15(16)11-7-17-9-18-8-11)19-13-5-3-2-4-12(10)13/h2-9,15H,16H2,1H3. The minimum absolute atomic E-state index is 0.301. The highest BCUT2D eigenvalue weighted by Gasteiger charge is 2.12. The Morgan fingerprint density at radius 3 is 2.63 bits per heavy atom. The molecule has 2 N–H and O–H groups in total. The lowest BCUT2D eigenvalue weighted by atomic mass is 10.0. The predicted molar refractivity (Wildman–Crippen MR) is 74.5 cm³/mol. The Balaban J connectivity index is 2.11. The SMILES string of the molecule is Cc1cc(C(N)c2cncnc2)nc2ccccc12. The number of nitrogens with zero attached hydrogens (tertiary/aromatic N) is 3. The minimum Gasteiger partial charge on any atom is -0.319 e. The molecule has 1 aromatic carbocycles. The van der Waals surface area contributed by atoms with Gasteiger partial charge in [0.25, 0.3) is 0 Å². The van der Waals surface area contributed by atoms with Gasteiger partial charge in [0, 0.05) is 23.3 Å². The second-order valence-electron chi connectivity index (χ2n) is 4.53. The molecule has 4 heteroatoms. The molecular formula is C15H14N4. The van der Waals surface area contributed by atoms with Crippen molar-refractivity contribution in [3.05, 3.63) is 65.9 Å². The van der Waals surface area contributed by atoms with Gasteiger partial charge in [-0.15, -0.1) is 0 Å². The summed E-state index contributed by atoms with van der Waals surface area (Å²) in [4.78, 5) is 12.6. The van der Waals surface area contributed by atoms with Crippen molar-refractivity contribution in [1.29, 1.82) is 0 Å². The lowest BCUT2D eigenvalue weighted by Crippen LogP contribution is -2.14. The molecule has 1 unspecified atom stereocenters. The number of rotatable bonds is 2. The van der Waals surface area contributed by atoms with Gasteiger partial charge in [-0.05, 0) is 24.6 Å².